The van der Waals surface area contributed by atoms with E-state index in [1.54, 1.807) is 9.80 Å². The number of likely N-dealkylation sites (tertiary alicyclic amines) is 2. The molecule has 1 atom stereocenters. The van der Waals surface area contributed by atoms with Crippen LogP contribution < -0.4 is 11.1 Å². The van der Waals surface area contributed by atoms with Gasteiger partial charge in [0.2, 0.25) is 0 Å². The van der Waals surface area contributed by atoms with Gasteiger partial charge in [0.25, 0.3) is 5.91 Å². The zero-order chi connectivity index (χ0) is 40.7. The van der Waals surface area contributed by atoms with E-state index in [-0.39, 0.29) is 60.7 Å². The molecule has 4 aliphatic heterocycles. The lowest BCUT2D eigenvalue weighted by Gasteiger charge is -2.43. The number of hydrogen-bond donors (Lipinski definition) is 2. The maximum Gasteiger partial charge on any atom is 0.418 e. The number of carbonyl (C=O) groups excluding carboxylic acids is 4. The molecular weight excluding hydrogens is 767 g/mol. The number of amides is 4. The van der Waals surface area contributed by atoms with E-state index < -0.39 is 35.5 Å². The molecule has 4 heterocycles. The number of rotatable bonds is 11. The Morgan fingerprint density at radius 2 is 1.61 bits per heavy atom. The first kappa shape index (κ1) is 42.3. The maximum atomic E-state index is 14.1. The van der Waals surface area contributed by atoms with Crippen LogP contribution in [0, 0.1) is 0 Å². The second-order valence-electron chi connectivity index (χ2n) is 15.3. The Kier molecular flexibility index (Phi) is 14.1. The molecule has 0 aliphatic carbocycles. The van der Waals surface area contributed by atoms with Crippen molar-refractivity contribution in [3.8, 4) is 0 Å². The van der Waals surface area contributed by atoms with Crippen LogP contribution in [-0.4, -0.2) is 139 Å². The van der Waals surface area contributed by atoms with Crippen molar-refractivity contribution in [1.82, 2.24) is 24.5 Å². The molecular formula is C40H53ClF3N7O6. The number of ether oxygens (including phenoxy) is 2. The summed E-state index contributed by atoms with van der Waals surface area (Å²) in [5.41, 5.74) is 5.82. The number of esters is 1. The number of nitrogens with one attached hydrogen (secondary N) is 1. The normalized spacial score (nSPS) is 19.7. The molecule has 312 valence electrons. The Morgan fingerprint density at radius 3 is 2.30 bits per heavy atom. The summed E-state index contributed by atoms with van der Waals surface area (Å²) < 4.78 is 52.9. The first-order valence-electron chi connectivity index (χ1n) is 20.0. The zero-order valence-electron chi connectivity index (χ0n) is 32.4. The Hall–Kier alpha value is -4.28. The molecule has 0 saturated carbocycles. The van der Waals surface area contributed by atoms with Crippen LogP contribution in [0.1, 0.15) is 62.1 Å². The molecule has 57 heavy (non-hydrogen) atoms. The van der Waals surface area contributed by atoms with Crippen molar-refractivity contribution >= 4 is 47.0 Å². The summed E-state index contributed by atoms with van der Waals surface area (Å²) in [5, 5.41) is 2.67. The first-order chi connectivity index (χ1) is 27.3. The molecule has 3 fully saturated rings. The number of para-hydroxylation sites is 1. The number of urea groups is 1. The summed E-state index contributed by atoms with van der Waals surface area (Å²) in [6.45, 7) is 7.17. The Balaban J connectivity index is 1.07. The van der Waals surface area contributed by atoms with E-state index in [1.165, 1.54) is 11.0 Å². The van der Waals surface area contributed by atoms with Gasteiger partial charge in [-0.05, 0) is 67.9 Å². The largest absolute Gasteiger partial charge is 0.465 e. The number of unbranched alkanes of at least 4 members (excludes halogenated alkanes) is 1. The number of alkyl halides is 3. The van der Waals surface area contributed by atoms with Crippen LogP contribution in [-0.2, 0) is 38.1 Å². The highest BCUT2D eigenvalue weighted by Crippen LogP contribution is 2.38. The van der Waals surface area contributed by atoms with Crippen molar-refractivity contribution in [2.24, 2.45) is 0 Å². The number of piperazine rings is 1. The monoisotopic (exact) mass is 819 g/mol. The molecule has 0 radical (unpaired) electrons. The number of nitrogens with zero attached hydrogens (tertiary/aromatic N) is 5. The summed E-state index contributed by atoms with van der Waals surface area (Å²) in [5.74, 6) is -0.713. The number of fused-ring (bicyclic) bond motifs is 1. The lowest BCUT2D eigenvalue weighted by molar-refractivity contribution is -0.145. The van der Waals surface area contributed by atoms with Crippen molar-refractivity contribution < 1.29 is 41.8 Å². The standard InChI is InChI=1S/C40H53ClF3N7O6/c1-2-3-22-56-35(52)26-47-13-9-29(10-14-47)48-18-20-49(21-19-48)37(53)34(25-27-23-31(40(42,43)44)36(45)32(41)24-27)57-39(55)50-15-11-30(12-16-50)51-17-8-28-6-4-5-7-33(28)46-38(51)54/h4-7,23-24,29-30,34H,2-3,8-22,25-26,45H2,1H3,(H,46,54)/t34-/m1/s1. The highest BCUT2D eigenvalue weighted by Gasteiger charge is 2.38. The number of hydrogen-bond acceptors (Lipinski definition) is 9. The molecule has 3 saturated heterocycles. The highest BCUT2D eigenvalue weighted by atomic mass is 35.5. The predicted molar refractivity (Wildman–Crippen MR) is 209 cm³/mol. The minimum absolute atomic E-state index is 0.0548. The van der Waals surface area contributed by atoms with Crippen molar-refractivity contribution in [1.29, 1.82) is 0 Å². The van der Waals surface area contributed by atoms with Gasteiger partial charge in [0.05, 0.1) is 29.4 Å². The summed E-state index contributed by atoms with van der Waals surface area (Å²) in [6.07, 6.45) is -2.09. The van der Waals surface area contributed by atoms with Crippen LogP contribution in [0.3, 0.4) is 0 Å². The van der Waals surface area contributed by atoms with Crippen LogP contribution in [0.15, 0.2) is 36.4 Å². The van der Waals surface area contributed by atoms with Gasteiger partial charge in [-0.3, -0.25) is 19.4 Å². The fourth-order valence-electron chi connectivity index (χ4n) is 8.23. The molecule has 0 spiro atoms. The van der Waals surface area contributed by atoms with Gasteiger partial charge in [-0.2, -0.15) is 13.2 Å². The Morgan fingerprint density at radius 1 is 0.930 bits per heavy atom. The summed E-state index contributed by atoms with van der Waals surface area (Å²) in [4.78, 5) is 62.4. The van der Waals surface area contributed by atoms with E-state index in [0.717, 1.165) is 56.1 Å². The third-order valence-electron chi connectivity index (χ3n) is 11.6. The van der Waals surface area contributed by atoms with Gasteiger partial charge in [-0.1, -0.05) is 43.1 Å². The van der Waals surface area contributed by atoms with Crippen LogP contribution >= 0.6 is 11.6 Å². The molecule has 6 rings (SSSR count). The number of nitrogen functional groups attached to an aromatic ring is 1. The van der Waals surface area contributed by atoms with E-state index >= 15 is 0 Å². The van der Waals surface area contributed by atoms with Crippen LogP contribution in [0.25, 0.3) is 0 Å². The van der Waals surface area contributed by atoms with E-state index in [0.29, 0.717) is 58.6 Å². The summed E-state index contributed by atoms with van der Waals surface area (Å²) >= 11 is 6.14. The number of piperidine rings is 2. The van der Waals surface area contributed by atoms with Crippen LogP contribution in [0.2, 0.25) is 5.02 Å². The molecule has 0 aromatic heterocycles. The fraction of sp³-hybridized carbons (Fsp3) is 0.600. The average Bonchev–Trinajstić information content (AvgIpc) is 3.36. The van der Waals surface area contributed by atoms with Gasteiger partial charge < -0.3 is 35.2 Å². The van der Waals surface area contributed by atoms with Crippen molar-refractivity contribution in [3.05, 3.63) is 58.1 Å². The predicted octanol–water partition coefficient (Wildman–Crippen LogP) is 5.50. The number of halogens is 4. The first-order valence-corrected chi connectivity index (χ1v) is 20.4. The van der Waals surface area contributed by atoms with Gasteiger partial charge in [0, 0.05) is 83.1 Å². The molecule has 4 amide bonds. The van der Waals surface area contributed by atoms with E-state index in [2.05, 4.69) is 15.1 Å². The third kappa shape index (κ3) is 10.8. The lowest BCUT2D eigenvalue weighted by atomic mass is 10.0. The number of carbonyl (C=O) groups is 4. The molecule has 2 aromatic rings. The van der Waals surface area contributed by atoms with E-state index in [4.69, 9.17) is 26.8 Å². The third-order valence-corrected chi connectivity index (χ3v) is 11.9. The Labute approximate surface area is 336 Å². The minimum atomic E-state index is -4.79. The lowest BCUT2D eigenvalue weighted by Crippen LogP contribution is -2.57. The number of nitrogens with two attached hydrogens (primary N) is 1. The van der Waals surface area contributed by atoms with Gasteiger partial charge in [-0.25, -0.2) is 9.59 Å². The van der Waals surface area contributed by atoms with E-state index in [9.17, 15) is 32.3 Å². The second kappa shape index (κ2) is 19.0. The van der Waals surface area contributed by atoms with Crippen molar-refractivity contribution in [3.63, 3.8) is 0 Å². The molecule has 3 N–H and O–H groups in total. The van der Waals surface area contributed by atoms with Crippen molar-refractivity contribution in [2.45, 2.75) is 82.7 Å². The summed E-state index contributed by atoms with van der Waals surface area (Å²) in [7, 11) is 0. The minimum Gasteiger partial charge on any atom is -0.465 e. The smallest absolute Gasteiger partial charge is 0.418 e. The van der Waals surface area contributed by atoms with Gasteiger partial charge in [0.15, 0.2) is 6.10 Å². The number of anilines is 2. The average molecular weight is 820 g/mol. The quantitative estimate of drug-likeness (QED) is 0.171. The molecule has 13 nitrogen and oxygen atoms in total. The summed E-state index contributed by atoms with van der Waals surface area (Å²) in [6, 6.07) is 9.75. The molecule has 0 unspecified atom stereocenters. The van der Waals surface area contributed by atoms with Gasteiger partial charge >= 0.3 is 24.3 Å². The molecule has 0 bridgehead atoms. The van der Waals surface area contributed by atoms with Crippen LogP contribution in [0.4, 0.5) is 34.1 Å². The molecule has 17 heteroatoms. The number of benzene rings is 2. The van der Waals surface area contributed by atoms with Gasteiger partial charge in [0.1, 0.15) is 0 Å². The second-order valence-corrected chi connectivity index (χ2v) is 15.7. The Bertz CT molecular complexity index is 1740. The van der Waals surface area contributed by atoms with Gasteiger partial charge in [-0.15, -0.1) is 0 Å². The van der Waals surface area contributed by atoms with Crippen LogP contribution in [0.5, 0.6) is 0 Å². The molecule has 4 aliphatic rings. The highest BCUT2D eigenvalue weighted by molar-refractivity contribution is 6.33. The zero-order valence-corrected chi connectivity index (χ0v) is 33.2. The SMILES string of the molecule is CCCCOC(=O)CN1CCC(N2CCN(C(=O)[C@@H](Cc3cc(Cl)c(N)c(C(F)(F)F)c3)OC(=O)N3CCC(N4CCc5ccccc5NC4=O)CC3)CC2)CC1. The fourth-order valence-corrected chi connectivity index (χ4v) is 8.47. The molecule has 2 aromatic carbocycles. The topological polar surface area (TPSA) is 141 Å². The van der Waals surface area contributed by atoms with E-state index in [1.807, 2.05) is 31.2 Å². The van der Waals surface area contributed by atoms with Crippen molar-refractivity contribution in [2.75, 3.05) is 83.1 Å². The maximum absolute atomic E-state index is 14.1.